The summed E-state index contributed by atoms with van der Waals surface area (Å²) in [6.07, 6.45) is 2.22. The van der Waals surface area contributed by atoms with Gasteiger partial charge in [-0.3, -0.25) is 9.59 Å². The number of benzene rings is 3. The zero-order valence-electron chi connectivity index (χ0n) is 21.8. The third-order valence-corrected chi connectivity index (χ3v) is 7.11. The predicted molar refractivity (Wildman–Crippen MR) is 153 cm³/mol. The zero-order chi connectivity index (χ0) is 26.8. The smallest absolute Gasteiger partial charge is 0.243 e. The minimum absolute atomic E-state index is 0.115. The van der Waals surface area contributed by atoms with Crippen molar-refractivity contribution in [1.82, 2.24) is 10.2 Å². The van der Waals surface area contributed by atoms with Crippen LogP contribution in [0.5, 0.6) is 0 Å². The molecule has 0 unspecified atom stereocenters. The molecule has 37 heavy (non-hydrogen) atoms. The molecule has 0 saturated carbocycles. The van der Waals surface area contributed by atoms with Gasteiger partial charge in [-0.15, -0.1) is 0 Å². The van der Waals surface area contributed by atoms with Crippen LogP contribution >= 0.6 is 23.2 Å². The minimum Gasteiger partial charge on any atom is -0.354 e. The molecular formula is C31H36Cl2N2O2. The van der Waals surface area contributed by atoms with Gasteiger partial charge in [0.25, 0.3) is 0 Å². The van der Waals surface area contributed by atoms with Crippen molar-refractivity contribution in [2.45, 2.75) is 59.0 Å². The zero-order valence-corrected chi connectivity index (χ0v) is 23.4. The van der Waals surface area contributed by atoms with Crippen LogP contribution in [0, 0.1) is 5.92 Å². The lowest BCUT2D eigenvalue weighted by Crippen LogP contribution is -2.51. The number of nitrogens with one attached hydrogen (secondary N) is 1. The SMILES string of the molecule is CCc1ccc(CCC(=O)N(Cc2c(Cl)cccc2Cl)[C@H](Cc2ccccc2)C(=O)NCC(C)C)cc1. The van der Waals surface area contributed by atoms with Crippen molar-refractivity contribution in [1.29, 1.82) is 0 Å². The average molecular weight is 540 g/mol. The van der Waals surface area contributed by atoms with Gasteiger partial charge in [-0.25, -0.2) is 0 Å². The lowest BCUT2D eigenvalue weighted by molar-refractivity contribution is -0.141. The number of hydrogen-bond donors (Lipinski definition) is 1. The maximum absolute atomic E-state index is 13.8. The Morgan fingerprint density at radius 1 is 0.838 bits per heavy atom. The van der Waals surface area contributed by atoms with E-state index in [1.165, 1.54) is 5.56 Å². The summed E-state index contributed by atoms with van der Waals surface area (Å²) < 4.78 is 0. The van der Waals surface area contributed by atoms with Gasteiger partial charge >= 0.3 is 0 Å². The van der Waals surface area contributed by atoms with Crippen molar-refractivity contribution < 1.29 is 9.59 Å². The molecule has 0 aliphatic rings. The van der Waals surface area contributed by atoms with E-state index < -0.39 is 6.04 Å². The predicted octanol–water partition coefficient (Wildman–Crippen LogP) is 6.90. The fourth-order valence-electron chi connectivity index (χ4n) is 4.17. The summed E-state index contributed by atoms with van der Waals surface area (Å²) in [4.78, 5) is 29.0. The summed E-state index contributed by atoms with van der Waals surface area (Å²) >= 11 is 13.0. The lowest BCUT2D eigenvalue weighted by Gasteiger charge is -2.32. The fourth-order valence-corrected chi connectivity index (χ4v) is 4.68. The van der Waals surface area contributed by atoms with E-state index in [0.717, 1.165) is 17.5 Å². The summed E-state index contributed by atoms with van der Waals surface area (Å²) in [5.74, 6) is -0.00728. The van der Waals surface area contributed by atoms with Crippen molar-refractivity contribution in [3.8, 4) is 0 Å². The summed E-state index contributed by atoms with van der Waals surface area (Å²) in [5.41, 5.74) is 3.96. The van der Waals surface area contributed by atoms with Crippen molar-refractivity contribution in [3.63, 3.8) is 0 Å². The number of hydrogen-bond acceptors (Lipinski definition) is 2. The topological polar surface area (TPSA) is 49.4 Å². The summed E-state index contributed by atoms with van der Waals surface area (Å²) in [6.45, 7) is 6.89. The van der Waals surface area contributed by atoms with Gasteiger partial charge in [-0.1, -0.05) is 105 Å². The largest absolute Gasteiger partial charge is 0.354 e. The molecular weight excluding hydrogens is 503 g/mol. The first-order chi connectivity index (χ1) is 17.8. The third-order valence-electron chi connectivity index (χ3n) is 6.40. The Hall–Kier alpha value is -2.82. The molecule has 0 fully saturated rings. The molecule has 0 heterocycles. The highest BCUT2D eigenvalue weighted by Crippen LogP contribution is 2.27. The van der Waals surface area contributed by atoms with Gasteiger partial charge in [0.15, 0.2) is 0 Å². The molecule has 3 rings (SSSR count). The van der Waals surface area contributed by atoms with Crippen LogP contribution in [0.15, 0.2) is 72.8 Å². The number of carbonyl (C=O) groups is 2. The van der Waals surface area contributed by atoms with Crippen molar-refractivity contribution >= 4 is 35.0 Å². The van der Waals surface area contributed by atoms with Crippen molar-refractivity contribution in [2.75, 3.05) is 6.54 Å². The first-order valence-electron chi connectivity index (χ1n) is 12.9. The Labute approximate surface area is 231 Å². The van der Waals surface area contributed by atoms with E-state index in [-0.39, 0.29) is 30.7 Å². The lowest BCUT2D eigenvalue weighted by atomic mass is 10.0. The standard InChI is InChI=1S/C31H36Cl2N2O2/c1-4-23-13-15-24(16-14-23)17-18-30(36)35(21-26-27(32)11-8-12-28(26)33)29(31(37)34-20-22(2)3)19-25-9-6-5-7-10-25/h5-16,22,29H,4,17-21H2,1-3H3,(H,34,37)/t29-/m1/s1. The van der Waals surface area contributed by atoms with E-state index in [2.05, 4.69) is 36.5 Å². The minimum atomic E-state index is -0.705. The van der Waals surface area contributed by atoms with Crippen molar-refractivity contribution in [3.05, 3.63) is 105 Å². The molecule has 0 aliphatic heterocycles. The number of nitrogens with zero attached hydrogens (tertiary/aromatic N) is 1. The van der Waals surface area contributed by atoms with E-state index >= 15 is 0 Å². The molecule has 0 bridgehead atoms. The maximum Gasteiger partial charge on any atom is 0.243 e. The first kappa shape index (κ1) is 28.7. The van der Waals surface area contributed by atoms with Gasteiger partial charge in [0, 0.05) is 41.5 Å². The Morgan fingerprint density at radius 3 is 2.05 bits per heavy atom. The van der Waals surface area contributed by atoms with Crippen LogP contribution in [0.1, 0.15) is 49.4 Å². The van der Waals surface area contributed by atoms with Crippen molar-refractivity contribution in [2.24, 2.45) is 5.92 Å². The fraction of sp³-hybridized carbons (Fsp3) is 0.355. The number of amides is 2. The Balaban J connectivity index is 1.93. The van der Waals surface area contributed by atoms with Crippen LogP contribution < -0.4 is 5.32 Å². The second kappa shape index (κ2) is 14.2. The van der Waals surface area contributed by atoms with E-state index in [1.54, 1.807) is 23.1 Å². The number of halogens is 2. The molecule has 196 valence electrons. The van der Waals surface area contributed by atoms with Gasteiger partial charge in [-0.05, 0) is 47.6 Å². The van der Waals surface area contributed by atoms with E-state index in [4.69, 9.17) is 23.2 Å². The molecule has 0 radical (unpaired) electrons. The van der Waals surface area contributed by atoms with E-state index in [9.17, 15) is 9.59 Å². The maximum atomic E-state index is 13.8. The van der Waals surface area contributed by atoms with Crippen LogP contribution in [-0.4, -0.2) is 29.3 Å². The molecule has 0 spiro atoms. The second-order valence-electron chi connectivity index (χ2n) is 9.74. The van der Waals surface area contributed by atoms with Crippen LogP contribution in [0.25, 0.3) is 0 Å². The molecule has 6 heteroatoms. The number of aryl methyl sites for hydroxylation is 2. The summed E-state index contributed by atoms with van der Waals surface area (Å²) in [7, 11) is 0. The van der Waals surface area contributed by atoms with Gasteiger partial charge in [-0.2, -0.15) is 0 Å². The summed E-state index contributed by atoms with van der Waals surface area (Å²) in [6, 6.07) is 22.7. The van der Waals surface area contributed by atoms with Gasteiger partial charge < -0.3 is 10.2 Å². The van der Waals surface area contributed by atoms with Crippen LogP contribution in [0.3, 0.4) is 0 Å². The Kier molecular flexibility index (Phi) is 11.0. The Bertz CT molecular complexity index is 1140. The van der Waals surface area contributed by atoms with E-state index in [1.807, 2.05) is 44.2 Å². The molecule has 1 N–H and O–H groups in total. The quantitative estimate of drug-likeness (QED) is 0.272. The van der Waals surface area contributed by atoms with Gasteiger partial charge in [0.1, 0.15) is 6.04 Å². The van der Waals surface area contributed by atoms with E-state index in [0.29, 0.717) is 35.0 Å². The normalized spacial score (nSPS) is 11.8. The highest BCUT2D eigenvalue weighted by molar-refractivity contribution is 6.36. The van der Waals surface area contributed by atoms with Gasteiger partial charge in [0.05, 0.1) is 0 Å². The molecule has 0 aromatic heterocycles. The van der Waals surface area contributed by atoms with Gasteiger partial charge in [0.2, 0.25) is 11.8 Å². The van der Waals surface area contributed by atoms with Crippen LogP contribution in [0.4, 0.5) is 0 Å². The molecule has 3 aromatic rings. The molecule has 1 atom stereocenters. The highest BCUT2D eigenvalue weighted by atomic mass is 35.5. The summed E-state index contributed by atoms with van der Waals surface area (Å²) in [5, 5.41) is 3.99. The second-order valence-corrected chi connectivity index (χ2v) is 10.6. The number of carbonyl (C=O) groups excluding carboxylic acids is 2. The van der Waals surface area contributed by atoms with Crippen LogP contribution in [0.2, 0.25) is 10.0 Å². The molecule has 3 aromatic carbocycles. The third kappa shape index (κ3) is 8.62. The average Bonchev–Trinajstić information content (AvgIpc) is 2.90. The molecule has 0 saturated heterocycles. The highest BCUT2D eigenvalue weighted by Gasteiger charge is 2.31. The Morgan fingerprint density at radius 2 is 1.46 bits per heavy atom. The molecule has 4 nitrogen and oxygen atoms in total. The molecule has 2 amide bonds. The first-order valence-corrected chi connectivity index (χ1v) is 13.7. The monoisotopic (exact) mass is 538 g/mol. The number of rotatable bonds is 12. The van der Waals surface area contributed by atoms with Crippen LogP contribution in [-0.2, 0) is 35.4 Å². The molecule has 0 aliphatic carbocycles.